The molecule has 2 unspecified atom stereocenters. The molecule has 8 nitrogen and oxygen atoms in total. The first kappa shape index (κ1) is 13.1. The average Bonchev–Trinajstić information content (AvgIpc) is 2.93. The maximum absolute atomic E-state index is 12.4. The second-order valence-corrected chi connectivity index (χ2v) is 4.79. The molecule has 3 heterocycles. The largest absolute Gasteiger partial charge is 0.480 e. The topological polar surface area (TPSA) is 105 Å². The molecule has 8 heteroatoms. The zero-order valence-corrected chi connectivity index (χ0v) is 10.7. The number of carboxylic acids is 1. The number of aromatic amines is 1. The molecular formula is C12H15N3O5. The van der Waals surface area contributed by atoms with E-state index in [0.29, 0.717) is 18.9 Å². The first-order chi connectivity index (χ1) is 9.66. The molecular weight excluding hydrogens is 266 g/mol. The molecule has 3 rings (SSSR count). The van der Waals surface area contributed by atoms with E-state index in [2.05, 4.69) is 9.97 Å². The van der Waals surface area contributed by atoms with E-state index in [1.165, 1.54) is 11.2 Å². The number of ether oxygens (including phenoxy) is 2. The summed E-state index contributed by atoms with van der Waals surface area (Å²) < 4.78 is 10.6. The fourth-order valence-corrected chi connectivity index (χ4v) is 2.50. The molecule has 0 saturated carbocycles. The lowest BCUT2D eigenvalue weighted by Gasteiger charge is -2.35. The maximum Gasteiger partial charge on any atom is 0.326 e. The quantitative estimate of drug-likeness (QED) is 0.732. The van der Waals surface area contributed by atoms with Gasteiger partial charge in [-0.2, -0.15) is 0 Å². The molecule has 0 aliphatic carbocycles. The number of carbonyl (C=O) groups excluding carboxylic acids is 1. The number of imidazole rings is 1. The third kappa shape index (κ3) is 2.27. The molecule has 0 aromatic carbocycles. The lowest BCUT2D eigenvalue weighted by molar-refractivity contribution is -0.167. The van der Waals surface area contributed by atoms with Gasteiger partial charge in [0.25, 0.3) is 5.91 Å². The second kappa shape index (κ2) is 5.22. The van der Waals surface area contributed by atoms with Crippen LogP contribution in [-0.2, 0) is 32.0 Å². The highest BCUT2D eigenvalue weighted by Gasteiger charge is 2.39. The summed E-state index contributed by atoms with van der Waals surface area (Å²) in [5, 5.41) is 9.32. The van der Waals surface area contributed by atoms with Crippen LogP contribution in [0, 0.1) is 0 Å². The molecule has 2 N–H and O–H groups in total. The Balaban J connectivity index is 1.82. The number of hydrogen-bond acceptors (Lipinski definition) is 5. The summed E-state index contributed by atoms with van der Waals surface area (Å²) in [6.07, 6.45) is 0.987. The lowest BCUT2D eigenvalue weighted by atomic mass is 10.0. The predicted octanol–water partition coefficient (Wildman–Crippen LogP) is -0.837. The Labute approximate surface area is 114 Å². The summed E-state index contributed by atoms with van der Waals surface area (Å²) in [6, 6.07) is -0.913. The van der Waals surface area contributed by atoms with E-state index < -0.39 is 18.1 Å². The first-order valence-electron chi connectivity index (χ1n) is 6.40. The minimum absolute atomic E-state index is 0.164. The lowest BCUT2D eigenvalue weighted by Crippen LogP contribution is -2.54. The molecule has 2 aliphatic rings. The molecule has 2 atom stereocenters. The van der Waals surface area contributed by atoms with Gasteiger partial charge in [-0.05, 0) is 0 Å². The van der Waals surface area contributed by atoms with Crippen LogP contribution in [0.3, 0.4) is 0 Å². The van der Waals surface area contributed by atoms with E-state index in [0.717, 1.165) is 5.69 Å². The third-order valence-corrected chi connectivity index (χ3v) is 3.56. The first-order valence-corrected chi connectivity index (χ1v) is 6.40. The number of aromatic nitrogens is 2. The van der Waals surface area contributed by atoms with Crippen molar-refractivity contribution >= 4 is 11.9 Å². The van der Waals surface area contributed by atoms with Crippen molar-refractivity contribution in [2.75, 3.05) is 19.8 Å². The van der Waals surface area contributed by atoms with Crippen LogP contribution in [0.2, 0.25) is 0 Å². The van der Waals surface area contributed by atoms with Gasteiger partial charge in [0.1, 0.15) is 6.04 Å². The highest BCUT2D eigenvalue weighted by atomic mass is 16.6. The van der Waals surface area contributed by atoms with Crippen LogP contribution in [0.1, 0.15) is 11.4 Å². The molecule has 1 fully saturated rings. The van der Waals surface area contributed by atoms with Gasteiger partial charge in [-0.1, -0.05) is 0 Å². The number of aliphatic carboxylic acids is 1. The van der Waals surface area contributed by atoms with Crippen molar-refractivity contribution in [1.29, 1.82) is 0 Å². The molecule has 20 heavy (non-hydrogen) atoms. The number of nitrogens with zero attached hydrogens (tertiary/aromatic N) is 2. The van der Waals surface area contributed by atoms with Crippen molar-refractivity contribution in [1.82, 2.24) is 14.9 Å². The molecule has 108 valence electrons. The fraction of sp³-hybridized carbons (Fsp3) is 0.583. The van der Waals surface area contributed by atoms with Crippen molar-refractivity contribution in [3.8, 4) is 0 Å². The molecule has 0 spiro atoms. The molecule has 2 aliphatic heterocycles. The Kier molecular flexibility index (Phi) is 3.41. The molecule has 1 saturated heterocycles. The summed E-state index contributed by atoms with van der Waals surface area (Å²) in [7, 11) is 0. The maximum atomic E-state index is 12.4. The van der Waals surface area contributed by atoms with Crippen LogP contribution in [0.25, 0.3) is 0 Å². The average molecular weight is 281 g/mol. The molecule has 1 amide bonds. The van der Waals surface area contributed by atoms with Gasteiger partial charge in [0, 0.05) is 6.42 Å². The Morgan fingerprint density at radius 2 is 2.30 bits per heavy atom. The minimum Gasteiger partial charge on any atom is -0.480 e. The van der Waals surface area contributed by atoms with E-state index in [1.807, 2.05) is 0 Å². The Morgan fingerprint density at radius 3 is 3.00 bits per heavy atom. The van der Waals surface area contributed by atoms with Gasteiger partial charge < -0.3 is 24.5 Å². The normalized spacial score (nSPS) is 26.1. The monoisotopic (exact) mass is 281 g/mol. The van der Waals surface area contributed by atoms with E-state index in [4.69, 9.17) is 9.47 Å². The van der Waals surface area contributed by atoms with Gasteiger partial charge in [0.05, 0.1) is 44.1 Å². The van der Waals surface area contributed by atoms with E-state index in [1.54, 1.807) is 0 Å². The van der Waals surface area contributed by atoms with Gasteiger partial charge in [-0.25, -0.2) is 9.78 Å². The van der Waals surface area contributed by atoms with E-state index in [-0.39, 0.29) is 25.5 Å². The fourth-order valence-electron chi connectivity index (χ4n) is 2.50. The van der Waals surface area contributed by atoms with Gasteiger partial charge in [0.15, 0.2) is 6.10 Å². The van der Waals surface area contributed by atoms with Crippen molar-refractivity contribution in [3.05, 3.63) is 17.7 Å². The van der Waals surface area contributed by atoms with Crippen LogP contribution in [0.5, 0.6) is 0 Å². The Morgan fingerprint density at radius 1 is 1.45 bits per heavy atom. The number of carboxylic acid groups (broad SMARTS) is 1. The van der Waals surface area contributed by atoms with E-state index in [9.17, 15) is 14.7 Å². The number of fused-ring (bicyclic) bond motifs is 1. The second-order valence-electron chi connectivity index (χ2n) is 4.79. The van der Waals surface area contributed by atoms with Gasteiger partial charge in [-0.15, -0.1) is 0 Å². The highest BCUT2D eigenvalue weighted by molar-refractivity contribution is 5.87. The van der Waals surface area contributed by atoms with Gasteiger partial charge >= 0.3 is 5.97 Å². The highest BCUT2D eigenvalue weighted by Crippen LogP contribution is 2.22. The zero-order valence-electron chi connectivity index (χ0n) is 10.7. The van der Waals surface area contributed by atoms with E-state index >= 15 is 0 Å². The number of amides is 1. The van der Waals surface area contributed by atoms with Crippen LogP contribution in [0.4, 0.5) is 0 Å². The Hall–Kier alpha value is -1.93. The SMILES string of the molecule is O=C(O)C1Cc2nc[nH]c2CN1C(=O)C1COCCO1. The third-order valence-electron chi connectivity index (χ3n) is 3.56. The number of nitrogens with one attached hydrogen (secondary N) is 1. The summed E-state index contributed by atoms with van der Waals surface area (Å²) >= 11 is 0. The van der Waals surface area contributed by atoms with Crippen molar-refractivity contribution < 1.29 is 24.2 Å². The van der Waals surface area contributed by atoms with Crippen molar-refractivity contribution in [2.24, 2.45) is 0 Å². The van der Waals surface area contributed by atoms with Crippen LogP contribution in [0.15, 0.2) is 6.33 Å². The summed E-state index contributed by atoms with van der Waals surface area (Å²) in [5.41, 5.74) is 1.47. The predicted molar refractivity (Wildman–Crippen MR) is 64.8 cm³/mol. The Bertz CT molecular complexity index is 523. The smallest absolute Gasteiger partial charge is 0.326 e. The molecule has 1 aromatic heterocycles. The standard InChI is InChI=1S/C12H15N3O5/c16-11(10-5-19-1-2-20-10)15-4-8-7(13-6-14-8)3-9(15)12(17)18/h6,9-10H,1-5H2,(H,13,14)(H,17,18). The summed E-state index contributed by atoms with van der Waals surface area (Å²) in [4.78, 5) is 32.1. The van der Waals surface area contributed by atoms with Gasteiger partial charge in [0.2, 0.25) is 0 Å². The van der Waals surface area contributed by atoms with Crippen LogP contribution in [-0.4, -0.2) is 63.8 Å². The zero-order chi connectivity index (χ0) is 14.1. The van der Waals surface area contributed by atoms with Crippen LogP contribution >= 0.6 is 0 Å². The number of H-pyrrole nitrogens is 1. The number of rotatable bonds is 2. The van der Waals surface area contributed by atoms with Crippen LogP contribution < -0.4 is 0 Å². The minimum atomic E-state index is -1.04. The van der Waals surface area contributed by atoms with Gasteiger partial charge in [-0.3, -0.25) is 4.79 Å². The van der Waals surface area contributed by atoms with Crippen molar-refractivity contribution in [2.45, 2.75) is 25.1 Å². The summed E-state index contributed by atoms with van der Waals surface area (Å²) in [5.74, 6) is -1.39. The molecule has 0 bridgehead atoms. The number of carbonyl (C=O) groups is 2. The molecule has 0 radical (unpaired) electrons. The van der Waals surface area contributed by atoms with Crippen molar-refractivity contribution in [3.63, 3.8) is 0 Å². The number of hydrogen-bond donors (Lipinski definition) is 2. The molecule has 1 aromatic rings. The summed E-state index contributed by atoms with van der Waals surface area (Å²) in [6.45, 7) is 1.16.